The number of aromatic nitrogens is 3. The van der Waals surface area contributed by atoms with Gasteiger partial charge in [0.2, 0.25) is 0 Å². The van der Waals surface area contributed by atoms with E-state index >= 15 is 0 Å². The fraction of sp³-hybridized carbons (Fsp3) is 0.769. The van der Waals surface area contributed by atoms with Crippen LogP contribution in [0.5, 0.6) is 0 Å². The second kappa shape index (κ2) is 5.28. The first-order chi connectivity index (χ1) is 9.22. The molecule has 0 amide bonds. The van der Waals surface area contributed by atoms with Gasteiger partial charge in [-0.15, -0.1) is 0 Å². The summed E-state index contributed by atoms with van der Waals surface area (Å²) in [7, 11) is 0. The molecule has 2 aliphatic heterocycles. The van der Waals surface area contributed by atoms with E-state index in [1.807, 2.05) is 4.68 Å². The maximum Gasteiger partial charge on any atom is 0.307 e. The van der Waals surface area contributed by atoms with Gasteiger partial charge in [-0.25, -0.2) is 9.67 Å². The average Bonchev–Trinajstić information content (AvgIpc) is 2.80. The van der Waals surface area contributed by atoms with E-state index in [-0.39, 0.29) is 5.92 Å². The molecule has 1 saturated heterocycles. The smallest absolute Gasteiger partial charge is 0.307 e. The topological polar surface area (TPSA) is 80.0 Å². The van der Waals surface area contributed by atoms with Gasteiger partial charge in [0, 0.05) is 19.4 Å². The third kappa shape index (κ3) is 2.78. The van der Waals surface area contributed by atoms with Crippen LogP contribution in [0.15, 0.2) is 0 Å². The second-order valence-electron chi connectivity index (χ2n) is 5.61. The standard InChI is InChI=1S/C13H20N4O2/c18-13(19)10-3-5-17-12(7-10)15-11(16-17)6-9-2-1-4-14-8-9/h9-10,14H,1-8H2,(H,18,19). The Morgan fingerprint density at radius 2 is 2.37 bits per heavy atom. The molecule has 0 aromatic carbocycles. The van der Waals surface area contributed by atoms with Crippen molar-refractivity contribution in [2.45, 2.75) is 38.6 Å². The van der Waals surface area contributed by atoms with Crippen molar-refractivity contribution in [3.8, 4) is 0 Å². The van der Waals surface area contributed by atoms with E-state index in [1.165, 1.54) is 12.8 Å². The van der Waals surface area contributed by atoms with Crippen LogP contribution in [0.4, 0.5) is 0 Å². The number of hydrogen-bond acceptors (Lipinski definition) is 4. The van der Waals surface area contributed by atoms with E-state index in [0.29, 0.717) is 25.3 Å². The highest BCUT2D eigenvalue weighted by atomic mass is 16.4. The number of carboxylic acid groups (broad SMARTS) is 1. The van der Waals surface area contributed by atoms with E-state index in [2.05, 4.69) is 15.4 Å². The van der Waals surface area contributed by atoms with Crippen molar-refractivity contribution in [3.63, 3.8) is 0 Å². The zero-order valence-corrected chi connectivity index (χ0v) is 11.0. The molecule has 2 aliphatic rings. The molecule has 1 fully saturated rings. The van der Waals surface area contributed by atoms with Crippen LogP contribution < -0.4 is 5.32 Å². The monoisotopic (exact) mass is 264 g/mol. The van der Waals surface area contributed by atoms with Crippen LogP contribution in [0.3, 0.4) is 0 Å². The van der Waals surface area contributed by atoms with E-state index in [9.17, 15) is 4.79 Å². The van der Waals surface area contributed by atoms with Gasteiger partial charge in [0.25, 0.3) is 0 Å². The minimum atomic E-state index is -0.715. The number of piperidine rings is 1. The van der Waals surface area contributed by atoms with Crippen LogP contribution >= 0.6 is 0 Å². The maximum atomic E-state index is 11.0. The number of nitrogens with one attached hydrogen (secondary N) is 1. The van der Waals surface area contributed by atoms with Crippen molar-refractivity contribution in [1.82, 2.24) is 20.1 Å². The Labute approximate surface area is 112 Å². The van der Waals surface area contributed by atoms with Gasteiger partial charge in [0.05, 0.1) is 5.92 Å². The molecular weight excluding hydrogens is 244 g/mol. The fourth-order valence-corrected chi connectivity index (χ4v) is 3.01. The minimum absolute atomic E-state index is 0.291. The highest BCUT2D eigenvalue weighted by Gasteiger charge is 2.27. The molecule has 1 aromatic heterocycles. The van der Waals surface area contributed by atoms with Crippen molar-refractivity contribution in [2.24, 2.45) is 11.8 Å². The highest BCUT2D eigenvalue weighted by molar-refractivity contribution is 5.70. The lowest BCUT2D eigenvalue weighted by molar-refractivity contribution is -0.142. The number of carbonyl (C=O) groups is 1. The van der Waals surface area contributed by atoms with E-state index in [0.717, 1.165) is 31.2 Å². The van der Waals surface area contributed by atoms with Gasteiger partial charge in [-0.2, -0.15) is 5.10 Å². The van der Waals surface area contributed by atoms with Crippen molar-refractivity contribution in [1.29, 1.82) is 0 Å². The third-order valence-electron chi connectivity index (χ3n) is 4.13. The minimum Gasteiger partial charge on any atom is -0.481 e. The van der Waals surface area contributed by atoms with Gasteiger partial charge in [0.1, 0.15) is 5.82 Å². The van der Waals surface area contributed by atoms with Crippen molar-refractivity contribution < 1.29 is 9.90 Å². The molecule has 6 nitrogen and oxygen atoms in total. The maximum absolute atomic E-state index is 11.0. The molecule has 3 rings (SSSR count). The molecule has 0 saturated carbocycles. The lowest BCUT2D eigenvalue weighted by Crippen LogP contribution is -2.31. The molecule has 6 heteroatoms. The summed E-state index contributed by atoms with van der Waals surface area (Å²) in [6, 6.07) is 0. The quantitative estimate of drug-likeness (QED) is 0.829. The Balaban J connectivity index is 1.67. The number of fused-ring (bicyclic) bond motifs is 1. The number of hydrogen-bond donors (Lipinski definition) is 2. The summed E-state index contributed by atoms with van der Waals surface area (Å²) in [5, 5.41) is 17.0. The predicted octanol–water partition coefficient (Wildman–Crippen LogP) is 0.467. The summed E-state index contributed by atoms with van der Waals surface area (Å²) >= 11 is 0. The van der Waals surface area contributed by atoms with Crippen LogP contribution in [0, 0.1) is 11.8 Å². The van der Waals surface area contributed by atoms with Crippen LogP contribution in [-0.2, 0) is 24.2 Å². The summed E-state index contributed by atoms with van der Waals surface area (Å²) < 4.78 is 1.89. The molecule has 0 radical (unpaired) electrons. The Bertz CT molecular complexity index is 465. The Morgan fingerprint density at radius 3 is 3.11 bits per heavy atom. The normalized spacial score (nSPS) is 26.9. The lowest BCUT2D eigenvalue weighted by atomic mass is 9.96. The van der Waals surface area contributed by atoms with Gasteiger partial charge < -0.3 is 10.4 Å². The zero-order chi connectivity index (χ0) is 13.2. The molecule has 19 heavy (non-hydrogen) atoms. The second-order valence-corrected chi connectivity index (χ2v) is 5.61. The number of carboxylic acids is 1. The average molecular weight is 264 g/mol. The van der Waals surface area contributed by atoms with Crippen molar-refractivity contribution >= 4 is 5.97 Å². The zero-order valence-electron chi connectivity index (χ0n) is 11.0. The van der Waals surface area contributed by atoms with E-state index in [4.69, 9.17) is 5.11 Å². The third-order valence-corrected chi connectivity index (χ3v) is 4.13. The first-order valence-corrected chi connectivity index (χ1v) is 7.08. The molecular formula is C13H20N4O2. The van der Waals surface area contributed by atoms with Gasteiger partial charge in [-0.3, -0.25) is 4.79 Å². The first-order valence-electron chi connectivity index (χ1n) is 7.08. The summed E-state index contributed by atoms with van der Waals surface area (Å²) in [6.45, 7) is 2.84. The van der Waals surface area contributed by atoms with Crippen LogP contribution in [0.2, 0.25) is 0 Å². The Kier molecular flexibility index (Phi) is 3.50. The largest absolute Gasteiger partial charge is 0.481 e. The van der Waals surface area contributed by atoms with Crippen molar-refractivity contribution in [3.05, 3.63) is 11.6 Å². The van der Waals surface area contributed by atoms with Crippen LogP contribution in [-0.4, -0.2) is 38.9 Å². The van der Waals surface area contributed by atoms with Gasteiger partial charge >= 0.3 is 5.97 Å². The first kappa shape index (κ1) is 12.6. The molecule has 2 N–H and O–H groups in total. The summed E-state index contributed by atoms with van der Waals surface area (Å²) in [4.78, 5) is 15.6. The molecule has 104 valence electrons. The van der Waals surface area contributed by atoms with E-state index < -0.39 is 5.97 Å². The highest BCUT2D eigenvalue weighted by Crippen LogP contribution is 2.21. The number of rotatable bonds is 3. The lowest BCUT2D eigenvalue weighted by Gasteiger charge is -2.21. The SMILES string of the molecule is O=C(O)C1CCn2nc(CC3CCCNC3)nc2C1. The molecule has 3 heterocycles. The molecule has 1 aromatic rings. The van der Waals surface area contributed by atoms with Crippen LogP contribution in [0.25, 0.3) is 0 Å². The van der Waals surface area contributed by atoms with Crippen molar-refractivity contribution in [2.75, 3.05) is 13.1 Å². The summed E-state index contributed by atoms with van der Waals surface area (Å²) in [5.74, 6) is 1.34. The number of aryl methyl sites for hydroxylation is 1. The molecule has 0 aliphatic carbocycles. The van der Waals surface area contributed by atoms with Gasteiger partial charge in [-0.05, 0) is 38.3 Å². The Morgan fingerprint density at radius 1 is 1.47 bits per heavy atom. The number of aliphatic carboxylic acids is 1. The van der Waals surface area contributed by atoms with Gasteiger partial charge in [0.15, 0.2) is 5.82 Å². The summed E-state index contributed by atoms with van der Waals surface area (Å²) in [5.41, 5.74) is 0. The Hall–Kier alpha value is -1.43. The van der Waals surface area contributed by atoms with Crippen LogP contribution in [0.1, 0.15) is 30.9 Å². The number of nitrogens with zero attached hydrogens (tertiary/aromatic N) is 3. The molecule has 2 unspecified atom stereocenters. The predicted molar refractivity (Wildman–Crippen MR) is 68.8 cm³/mol. The van der Waals surface area contributed by atoms with E-state index in [1.54, 1.807) is 0 Å². The fourth-order valence-electron chi connectivity index (χ4n) is 3.01. The molecule has 2 atom stereocenters. The summed E-state index contributed by atoms with van der Waals surface area (Å²) in [6.07, 6.45) is 4.54. The van der Waals surface area contributed by atoms with Gasteiger partial charge in [-0.1, -0.05) is 0 Å². The molecule has 0 bridgehead atoms. The molecule has 0 spiro atoms.